The molecule has 0 unspecified atom stereocenters. The summed E-state index contributed by atoms with van der Waals surface area (Å²) >= 11 is 0. The maximum atomic E-state index is 12.8. The van der Waals surface area contributed by atoms with E-state index in [-0.39, 0.29) is 11.8 Å². The number of carbonyl (C=O) groups is 2. The summed E-state index contributed by atoms with van der Waals surface area (Å²) in [6.45, 7) is 4.32. The lowest BCUT2D eigenvalue weighted by molar-refractivity contribution is -0.133. The zero-order valence-corrected chi connectivity index (χ0v) is 16.6. The molecule has 0 atom stereocenters. The van der Waals surface area contributed by atoms with Crippen LogP contribution in [0.4, 0.5) is 0 Å². The van der Waals surface area contributed by atoms with E-state index in [2.05, 4.69) is 15.2 Å². The van der Waals surface area contributed by atoms with Crippen molar-refractivity contribution in [3.63, 3.8) is 0 Å². The third kappa shape index (κ3) is 4.03. The molecule has 0 radical (unpaired) electrons. The molecule has 0 aromatic carbocycles. The SMILES string of the molecule is Cc1[nH]nc2ncc(C(=O)N3CCN(C(=O)CCC4CCCCC4)CC3)cc12. The molecule has 1 aliphatic heterocycles. The van der Waals surface area contributed by atoms with Crippen LogP contribution in [-0.2, 0) is 4.79 Å². The number of nitrogens with zero attached hydrogens (tertiary/aromatic N) is 4. The number of aromatic amines is 1. The van der Waals surface area contributed by atoms with Crippen molar-refractivity contribution in [3.05, 3.63) is 23.5 Å². The lowest BCUT2D eigenvalue weighted by Crippen LogP contribution is -2.50. The van der Waals surface area contributed by atoms with E-state index in [0.717, 1.165) is 23.4 Å². The quantitative estimate of drug-likeness (QED) is 0.880. The summed E-state index contributed by atoms with van der Waals surface area (Å²) < 4.78 is 0. The average Bonchev–Trinajstić information content (AvgIpc) is 3.12. The van der Waals surface area contributed by atoms with Crippen molar-refractivity contribution < 1.29 is 9.59 Å². The Kier molecular flexibility index (Phi) is 5.59. The first-order valence-electron chi connectivity index (χ1n) is 10.5. The normalized spacial score (nSPS) is 18.6. The van der Waals surface area contributed by atoms with Gasteiger partial charge in [0.05, 0.1) is 5.56 Å². The van der Waals surface area contributed by atoms with E-state index in [1.165, 1.54) is 32.1 Å². The molecule has 0 bridgehead atoms. The van der Waals surface area contributed by atoms with Gasteiger partial charge < -0.3 is 9.80 Å². The summed E-state index contributed by atoms with van der Waals surface area (Å²) in [6.07, 6.45) is 9.81. The molecule has 2 amide bonds. The molecule has 7 heteroatoms. The molecule has 28 heavy (non-hydrogen) atoms. The zero-order chi connectivity index (χ0) is 19.5. The number of hydrogen-bond donors (Lipinski definition) is 1. The van der Waals surface area contributed by atoms with E-state index in [0.29, 0.717) is 43.8 Å². The highest BCUT2D eigenvalue weighted by Crippen LogP contribution is 2.27. The Balaban J connectivity index is 1.29. The van der Waals surface area contributed by atoms with Gasteiger partial charge in [-0.15, -0.1) is 0 Å². The van der Waals surface area contributed by atoms with E-state index < -0.39 is 0 Å². The zero-order valence-electron chi connectivity index (χ0n) is 16.6. The Morgan fingerprint density at radius 3 is 2.57 bits per heavy atom. The number of amides is 2. The van der Waals surface area contributed by atoms with E-state index >= 15 is 0 Å². The number of aromatic nitrogens is 3. The molecule has 0 spiro atoms. The Hall–Kier alpha value is -2.44. The smallest absolute Gasteiger partial charge is 0.255 e. The van der Waals surface area contributed by atoms with Gasteiger partial charge in [0.1, 0.15) is 0 Å². The second kappa shape index (κ2) is 8.29. The van der Waals surface area contributed by atoms with Crippen LogP contribution in [0, 0.1) is 12.8 Å². The molecule has 1 N–H and O–H groups in total. The first-order valence-corrected chi connectivity index (χ1v) is 10.5. The molecule has 7 nitrogen and oxygen atoms in total. The van der Waals surface area contributed by atoms with E-state index in [1.54, 1.807) is 6.20 Å². The van der Waals surface area contributed by atoms with Crippen LogP contribution in [0.1, 0.15) is 61.0 Å². The molecule has 4 rings (SSSR count). The fourth-order valence-corrected chi connectivity index (χ4v) is 4.44. The van der Waals surface area contributed by atoms with Crippen molar-refractivity contribution in [1.29, 1.82) is 0 Å². The van der Waals surface area contributed by atoms with Crippen LogP contribution >= 0.6 is 0 Å². The summed E-state index contributed by atoms with van der Waals surface area (Å²) in [5.41, 5.74) is 2.11. The van der Waals surface area contributed by atoms with Crippen molar-refractivity contribution in [2.45, 2.75) is 51.9 Å². The second-order valence-corrected chi connectivity index (χ2v) is 8.16. The highest BCUT2D eigenvalue weighted by atomic mass is 16.2. The van der Waals surface area contributed by atoms with E-state index in [4.69, 9.17) is 0 Å². The van der Waals surface area contributed by atoms with Crippen molar-refractivity contribution in [1.82, 2.24) is 25.0 Å². The molecule has 1 aliphatic carbocycles. The molecule has 2 aromatic rings. The summed E-state index contributed by atoms with van der Waals surface area (Å²) in [4.78, 5) is 33.4. The van der Waals surface area contributed by atoms with Gasteiger partial charge in [-0.3, -0.25) is 14.7 Å². The standard InChI is InChI=1S/C21H29N5O2/c1-15-18-13-17(14-22-20(18)24-23-15)21(28)26-11-9-25(10-12-26)19(27)8-7-16-5-3-2-4-6-16/h13-14,16H,2-12H2,1H3,(H,22,23,24). The molecule has 1 saturated carbocycles. The number of pyridine rings is 1. The Morgan fingerprint density at radius 1 is 1.11 bits per heavy atom. The largest absolute Gasteiger partial charge is 0.339 e. The van der Waals surface area contributed by atoms with Gasteiger partial charge in [0.25, 0.3) is 5.91 Å². The van der Waals surface area contributed by atoms with Gasteiger partial charge in [-0.25, -0.2) is 4.98 Å². The number of nitrogens with one attached hydrogen (secondary N) is 1. The Labute approximate surface area is 165 Å². The molecule has 1 saturated heterocycles. The highest BCUT2D eigenvalue weighted by Gasteiger charge is 2.26. The summed E-state index contributed by atoms with van der Waals surface area (Å²) in [7, 11) is 0. The maximum absolute atomic E-state index is 12.8. The minimum Gasteiger partial charge on any atom is -0.339 e. The number of piperazine rings is 1. The van der Waals surface area contributed by atoms with Crippen molar-refractivity contribution in [2.24, 2.45) is 5.92 Å². The Morgan fingerprint density at radius 2 is 1.82 bits per heavy atom. The summed E-state index contributed by atoms with van der Waals surface area (Å²) in [5.74, 6) is 0.952. The van der Waals surface area contributed by atoms with Gasteiger partial charge in [0.2, 0.25) is 5.91 Å². The van der Waals surface area contributed by atoms with Crippen molar-refractivity contribution in [3.8, 4) is 0 Å². The van der Waals surface area contributed by atoms with Crippen LogP contribution < -0.4 is 0 Å². The average molecular weight is 383 g/mol. The molecule has 3 heterocycles. The van der Waals surface area contributed by atoms with Crippen LogP contribution in [0.15, 0.2) is 12.3 Å². The van der Waals surface area contributed by atoms with Gasteiger partial charge >= 0.3 is 0 Å². The van der Waals surface area contributed by atoms with Crippen LogP contribution in [-0.4, -0.2) is 63.0 Å². The highest BCUT2D eigenvalue weighted by molar-refractivity contribution is 5.97. The fraction of sp³-hybridized carbons (Fsp3) is 0.619. The predicted octanol–water partition coefficient (Wildman–Crippen LogP) is 2.91. The number of aryl methyl sites for hydroxylation is 1. The Bertz CT molecular complexity index is 848. The number of H-pyrrole nitrogens is 1. The van der Waals surface area contributed by atoms with Gasteiger partial charge in [-0.1, -0.05) is 32.1 Å². The van der Waals surface area contributed by atoms with Crippen LogP contribution in [0.25, 0.3) is 11.0 Å². The number of fused-ring (bicyclic) bond motifs is 1. The minimum absolute atomic E-state index is 0.0238. The second-order valence-electron chi connectivity index (χ2n) is 8.16. The number of hydrogen-bond acceptors (Lipinski definition) is 4. The van der Waals surface area contributed by atoms with Gasteiger partial charge in [0.15, 0.2) is 5.65 Å². The van der Waals surface area contributed by atoms with E-state index in [9.17, 15) is 9.59 Å². The molecular formula is C21H29N5O2. The number of carbonyl (C=O) groups excluding carboxylic acids is 2. The maximum Gasteiger partial charge on any atom is 0.255 e. The molecular weight excluding hydrogens is 354 g/mol. The first kappa shape index (κ1) is 18.9. The third-order valence-electron chi connectivity index (χ3n) is 6.26. The van der Waals surface area contributed by atoms with Gasteiger partial charge in [-0.05, 0) is 25.3 Å². The third-order valence-corrected chi connectivity index (χ3v) is 6.26. The lowest BCUT2D eigenvalue weighted by Gasteiger charge is -2.35. The van der Waals surface area contributed by atoms with Gasteiger partial charge in [-0.2, -0.15) is 5.10 Å². The lowest BCUT2D eigenvalue weighted by atomic mass is 9.86. The van der Waals surface area contributed by atoms with Crippen LogP contribution in [0.3, 0.4) is 0 Å². The van der Waals surface area contributed by atoms with Crippen LogP contribution in [0.2, 0.25) is 0 Å². The monoisotopic (exact) mass is 383 g/mol. The number of rotatable bonds is 4. The molecule has 2 fully saturated rings. The summed E-state index contributed by atoms with van der Waals surface area (Å²) in [6, 6.07) is 1.85. The fourth-order valence-electron chi connectivity index (χ4n) is 4.44. The van der Waals surface area contributed by atoms with Gasteiger partial charge in [0, 0.05) is 49.9 Å². The topological polar surface area (TPSA) is 82.2 Å². The molecule has 2 aliphatic rings. The molecule has 2 aromatic heterocycles. The van der Waals surface area contributed by atoms with Crippen molar-refractivity contribution >= 4 is 22.8 Å². The van der Waals surface area contributed by atoms with Crippen LogP contribution in [0.5, 0.6) is 0 Å². The van der Waals surface area contributed by atoms with Crippen molar-refractivity contribution in [2.75, 3.05) is 26.2 Å². The minimum atomic E-state index is -0.0238. The summed E-state index contributed by atoms with van der Waals surface area (Å²) in [5, 5.41) is 7.88. The molecule has 150 valence electrons. The first-order chi connectivity index (χ1) is 13.6. The predicted molar refractivity (Wildman–Crippen MR) is 107 cm³/mol. The van der Waals surface area contributed by atoms with E-state index in [1.807, 2.05) is 22.8 Å².